The summed E-state index contributed by atoms with van der Waals surface area (Å²) in [7, 11) is -3.40. The molecule has 0 aliphatic heterocycles. The lowest BCUT2D eigenvalue weighted by Gasteiger charge is -2.10. The molecule has 21 heavy (non-hydrogen) atoms. The van der Waals surface area contributed by atoms with Gasteiger partial charge in [-0.2, -0.15) is 0 Å². The van der Waals surface area contributed by atoms with E-state index in [9.17, 15) is 18.3 Å². The highest BCUT2D eigenvalue weighted by atomic mass is 32.2. The monoisotopic (exact) mass is 306 g/mol. The van der Waals surface area contributed by atoms with Gasteiger partial charge in [-0.05, 0) is 17.7 Å². The topological polar surface area (TPSA) is 91.7 Å². The van der Waals surface area contributed by atoms with E-state index < -0.39 is 15.8 Å². The second-order valence-corrected chi connectivity index (χ2v) is 6.67. The van der Waals surface area contributed by atoms with Crippen molar-refractivity contribution < 1.29 is 23.4 Å². The molecule has 0 fully saturated rings. The Bertz CT molecular complexity index is 793. The predicted molar refractivity (Wildman–Crippen MR) is 78.0 cm³/mol. The highest BCUT2D eigenvalue weighted by molar-refractivity contribution is 7.90. The molecule has 2 rings (SSSR count). The lowest BCUT2D eigenvalue weighted by molar-refractivity contribution is -0.136. The zero-order chi connectivity index (χ0) is 15.6. The second-order valence-electron chi connectivity index (χ2n) is 4.68. The fourth-order valence-electron chi connectivity index (χ4n) is 2.07. The highest BCUT2D eigenvalue weighted by Gasteiger charge is 2.15. The molecule has 110 valence electrons. The van der Waals surface area contributed by atoms with Crippen LogP contribution in [0.4, 0.5) is 0 Å². The first-order valence-corrected chi connectivity index (χ1v) is 8.01. The van der Waals surface area contributed by atoms with Gasteiger partial charge >= 0.3 is 5.97 Å². The summed E-state index contributed by atoms with van der Waals surface area (Å²) in [5.41, 5.74) is 1.27. The Balaban J connectivity index is 2.54. The SMILES string of the molecule is CS(=O)(=O)c1ccccc1-c1ccc(CC(=O)O)c(O)c1. The number of aromatic hydroxyl groups is 1. The van der Waals surface area contributed by atoms with Gasteiger partial charge in [0, 0.05) is 17.4 Å². The minimum atomic E-state index is -3.40. The van der Waals surface area contributed by atoms with Gasteiger partial charge in [0.2, 0.25) is 0 Å². The molecule has 0 heterocycles. The summed E-state index contributed by atoms with van der Waals surface area (Å²) in [6.07, 6.45) is 0.824. The second kappa shape index (κ2) is 5.57. The minimum absolute atomic E-state index is 0.162. The van der Waals surface area contributed by atoms with Gasteiger partial charge in [-0.15, -0.1) is 0 Å². The molecule has 0 radical (unpaired) electrons. The Hall–Kier alpha value is -2.34. The Morgan fingerprint density at radius 2 is 1.81 bits per heavy atom. The van der Waals surface area contributed by atoms with Gasteiger partial charge < -0.3 is 10.2 Å². The van der Waals surface area contributed by atoms with Gasteiger partial charge in [0.05, 0.1) is 11.3 Å². The molecular formula is C15H14O5S. The van der Waals surface area contributed by atoms with E-state index in [2.05, 4.69) is 0 Å². The Kier molecular flexibility index (Phi) is 3.99. The van der Waals surface area contributed by atoms with E-state index in [1.165, 1.54) is 18.2 Å². The van der Waals surface area contributed by atoms with E-state index in [0.717, 1.165) is 6.26 Å². The van der Waals surface area contributed by atoms with E-state index >= 15 is 0 Å². The first-order valence-electron chi connectivity index (χ1n) is 6.12. The first kappa shape index (κ1) is 15.1. The summed E-state index contributed by atoms with van der Waals surface area (Å²) in [4.78, 5) is 10.8. The number of benzene rings is 2. The van der Waals surface area contributed by atoms with Crippen LogP contribution in [0.3, 0.4) is 0 Å². The number of sulfone groups is 1. The van der Waals surface area contributed by atoms with Gasteiger partial charge in [-0.25, -0.2) is 8.42 Å². The van der Waals surface area contributed by atoms with E-state index in [0.29, 0.717) is 11.1 Å². The van der Waals surface area contributed by atoms with Gasteiger partial charge in [-0.3, -0.25) is 4.79 Å². The average Bonchev–Trinajstić information content (AvgIpc) is 2.40. The molecule has 0 aromatic heterocycles. The molecule has 2 N–H and O–H groups in total. The molecule has 0 spiro atoms. The molecule has 0 unspecified atom stereocenters. The normalized spacial score (nSPS) is 11.3. The van der Waals surface area contributed by atoms with Crippen molar-refractivity contribution in [3.8, 4) is 16.9 Å². The standard InChI is InChI=1S/C15H14O5S/c1-21(19,20)14-5-3-2-4-12(14)10-6-7-11(9-15(17)18)13(16)8-10/h2-8,16H,9H2,1H3,(H,17,18). The molecule has 6 heteroatoms. The van der Waals surface area contributed by atoms with Crippen LogP contribution in [0.5, 0.6) is 5.75 Å². The summed E-state index contributed by atoms with van der Waals surface area (Å²) in [5.74, 6) is -1.22. The van der Waals surface area contributed by atoms with Crippen molar-refractivity contribution in [2.75, 3.05) is 6.26 Å². The number of rotatable bonds is 4. The maximum absolute atomic E-state index is 11.8. The predicted octanol–water partition coefficient (Wildman–Crippen LogP) is 2.09. The zero-order valence-electron chi connectivity index (χ0n) is 11.3. The molecule has 0 amide bonds. The van der Waals surface area contributed by atoms with Crippen LogP contribution in [0.25, 0.3) is 11.1 Å². The van der Waals surface area contributed by atoms with E-state index in [4.69, 9.17) is 5.11 Å². The number of hydrogen-bond acceptors (Lipinski definition) is 4. The summed E-state index contributed by atoms with van der Waals surface area (Å²) in [6.45, 7) is 0. The van der Waals surface area contributed by atoms with Crippen LogP contribution in [0.15, 0.2) is 47.4 Å². The molecule has 0 bridgehead atoms. The Labute approximate surface area is 122 Å². The summed E-state index contributed by atoms with van der Waals surface area (Å²) >= 11 is 0. The number of carboxylic acids is 1. The zero-order valence-corrected chi connectivity index (χ0v) is 12.1. The number of phenols is 1. The van der Waals surface area contributed by atoms with Gasteiger partial charge in [0.15, 0.2) is 9.84 Å². The minimum Gasteiger partial charge on any atom is -0.508 e. The third-order valence-electron chi connectivity index (χ3n) is 3.02. The third kappa shape index (κ3) is 3.41. The van der Waals surface area contributed by atoms with Gasteiger partial charge in [0.25, 0.3) is 0 Å². The van der Waals surface area contributed by atoms with Crippen LogP contribution >= 0.6 is 0 Å². The third-order valence-corrected chi connectivity index (χ3v) is 4.18. The molecule has 0 saturated carbocycles. The van der Waals surface area contributed by atoms with Gasteiger partial charge in [-0.1, -0.05) is 30.3 Å². The average molecular weight is 306 g/mol. The lowest BCUT2D eigenvalue weighted by Crippen LogP contribution is -2.01. The largest absolute Gasteiger partial charge is 0.508 e. The van der Waals surface area contributed by atoms with Crippen LogP contribution in [-0.4, -0.2) is 30.9 Å². The number of carbonyl (C=O) groups is 1. The van der Waals surface area contributed by atoms with Crippen molar-refractivity contribution >= 4 is 15.8 Å². The maximum atomic E-state index is 11.8. The van der Waals surface area contributed by atoms with E-state index in [-0.39, 0.29) is 22.6 Å². The van der Waals surface area contributed by atoms with Crippen molar-refractivity contribution in [3.05, 3.63) is 48.0 Å². The lowest BCUT2D eigenvalue weighted by atomic mass is 10.0. The number of hydrogen-bond donors (Lipinski definition) is 2. The Morgan fingerprint density at radius 1 is 1.14 bits per heavy atom. The molecule has 0 atom stereocenters. The Morgan fingerprint density at radius 3 is 2.38 bits per heavy atom. The number of phenolic OH excluding ortho intramolecular Hbond substituents is 1. The smallest absolute Gasteiger partial charge is 0.307 e. The van der Waals surface area contributed by atoms with E-state index in [1.54, 1.807) is 24.3 Å². The molecule has 0 aliphatic carbocycles. The van der Waals surface area contributed by atoms with Crippen molar-refractivity contribution in [3.63, 3.8) is 0 Å². The van der Waals surface area contributed by atoms with Crippen molar-refractivity contribution in [1.29, 1.82) is 0 Å². The van der Waals surface area contributed by atoms with Crippen LogP contribution in [0.2, 0.25) is 0 Å². The molecule has 2 aromatic carbocycles. The number of carboxylic acid groups (broad SMARTS) is 1. The van der Waals surface area contributed by atoms with Crippen LogP contribution < -0.4 is 0 Å². The molecule has 2 aromatic rings. The number of aliphatic carboxylic acids is 1. The summed E-state index contributed by atoms with van der Waals surface area (Å²) in [6, 6.07) is 10.9. The maximum Gasteiger partial charge on any atom is 0.307 e. The molecule has 5 nitrogen and oxygen atoms in total. The van der Waals surface area contributed by atoms with Crippen molar-refractivity contribution in [1.82, 2.24) is 0 Å². The molecule has 0 aliphatic rings. The fourth-order valence-corrected chi connectivity index (χ4v) is 2.98. The molecular weight excluding hydrogens is 292 g/mol. The van der Waals surface area contributed by atoms with Gasteiger partial charge in [0.1, 0.15) is 5.75 Å². The summed E-state index contributed by atoms with van der Waals surface area (Å²) in [5, 5.41) is 18.6. The highest BCUT2D eigenvalue weighted by Crippen LogP contribution is 2.31. The van der Waals surface area contributed by atoms with E-state index in [1.807, 2.05) is 0 Å². The fraction of sp³-hybridized carbons (Fsp3) is 0.133. The molecule has 0 saturated heterocycles. The summed E-state index contributed by atoms with van der Waals surface area (Å²) < 4.78 is 23.6. The quantitative estimate of drug-likeness (QED) is 0.902. The first-order chi connectivity index (χ1) is 9.79. The van der Waals surface area contributed by atoms with Crippen molar-refractivity contribution in [2.45, 2.75) is 11.3 Å². The van der Waals surface area contributed by atoms with Crippen LogP contribution in [0.1, 0.15) is 5.56 Å². The van der Waals surface area contributed by atoms with Crippen LogP contribution in [0, 0.1) is 0 Å². The van der Waals surface area contributed by atoms with Crippen molar-refractivity contribution in [2.24, 2.45) is 0 Å². The van der Waals surface area contributed by atoms with Crippen LogP contribution in [-0.2, 0) is 21.1 Å².